The van der Waals surface area contributed by atoms with E-state index in [0.29, 0.717) is 5.92 Å². The van der Waals surface area contributed by atoms with Crippen molar-refractivity contribution in [2.45, 2.75) is 19.8 Å². The number of hydrogen-bond acceptors (Lipinski definition) is 4. The smallest absolute Gasteiger partial charge is 0.161 e. The number of methoxy groups -OCH3 is 2. The van der Waals surface area contributed by atoms with Crippen molar-refractivity contribution in [1.82, 2.24) is 10.3 Å². The summed E-state index contributed by atoms with van der Waals surface area (Å²) in [5, 5.41) is 7.84. The lowest BCUT2D eigenvalue weighted by molar-refractivity contribution is 0.355. The molecule has 33 heavy (non-hydrogen) atoms. The molecule has 0 radical (unpaired) electrons. The molecule has 0 aliphatic rings. The second-order valence-electron chi connectivity index (χ2n) is 8.51. The van der Waals surface area contributed by atoms with Crippen molar-refractivity contribution in [3.8, 4) is 33.9 Å². The Hall–Kier alpha value is -3.44. The minimum atomic E-state index is 0.357. The van der Waals surface area contributed by atoms with Crippen LogP contribution in [0.5, 0.6) is 11.5 Å². The third-order valence-electron chi connectivity index (χ3n) is 6.01. The SMILES string of the molecule is CNCCNc1ccc(-c2ccc3[nH]c(-c4ccc(OC)c(OC)c4)c(C(C)C)c3c2)cc1. The largest absolute Gasteiger partial charge is 0.493 e. The van der Waals surface area contributed by atoms with Crippen molar-refractivity contribution in [3.05, 3.63) is 66.2 Å². The van der Waals surface area contributed by atoms with E-state index in [9.17, 15) is 0 Å². The van der Waals surface area contributed by atoms with Crippen LogP contribution >= 0.6 is 0 Å². The molecule has 0 atom stereocenters. The second kappa shape index (κ2) is 10.0. The third-order valence-corrected chi connectivity index (χ3v) is 6.01. The lowest BCUT2D eigenvalue weighted by Crippen LogP contribution is -2.17. The highest BCUT2D eigenvalue weighted by molar-refractivity contribution is 5.94. The number of ether oxygens (including phenoxy) is 2. The molecule has 1 aromatic heterocycles. The molecular formula is C28H33N3O2. The fourth-order valence-corrected chi connectivity index (χ4v) is 4.32. The zero-order valence-electron chi connectivity index (χ0n) is 20.1. The number of aromatic nitrogens is 1. The number of fused-ring (bicyclic) bond motifs is 1. The van der Waals surface area contributed by atoms with Gasteiger partial charge in [0.15, 0.2) is 11.5 Å². The van der Waals surface area contributed by atoms with Crippen molar-refractivity contribution in [3.63, 3.8) is 0 Å². The summed E-state index contributed by atoms with van der Waals surface area (Å²) in [4.78, 5) is 3.65. The first-order valence-electron chi connectivity index (χ1n) is 11.4. The van der Waals surface area contributed by atoms with Crippen molar-refractivity contribution < 1.29 is 9.47 Å². The average Bonchev–Trinajstić information content (AvgIpc) is 3.23. The number of H-pyrrole nitrogens is 1. The van der Waals surface area contributed by atoms with E-state index in [1.807, 2.05) is 19.2 Å². The van der Waals surface area contributed by atoms with Crippen LogP contribution in [0, 0.1) is 0 Å². The van der Waals surface area contributed by atoms with Gasteiger partial charge in [-0.1, -0.05) is 32.0 Å². The van der Waals surface area contributed by atoms with Crippen LogP contribution < -0.4 is 20.1 Å². The fraction of sp³-hybridized carbons (Fsp3) is 0.286. The van der Waals surface area contributed by atoms with Crippen molar-refractivity contribution in [2.24, 2.45) is 0 Å². The molecule has 4 rings (SSSR count). The van der Waals surface area contributed by atoms with E-state index in [2.05, 4.69) is 78.0 Å². The highest BCUT2D eigenvalue weighted by Crippen LogP contribution is 2.40. The minimum Gasteiger partial charge on any atom is -0.493 e. The maximum Gasteiger partial charge on any atom is 0.161 e. The lowest BCUT2D eigenvalue weighted by Gasteiger charge is -2.12. The predicted octanol–water partition coefficient (Wildman–Crippen LogP) is 6.27. The van der Waals surface area contributed by atoms with E-state index >= 15 is 0 Å². The van der Waals surface area contributed by atoms with Crippen LogP contribution in [0.2, 0.25) is 0 Å². The molecular weight excluding hydrogens is 410 g/mol. The highest BCUT2D eigenvalue weighted by Gasteiger charge is 2.18. The van der Waals surface area contributed by atoms with Crippen molar-refractivity contribution in [2.75, 3.05) is 39.7 Å². The summed E-state index contributed by atoms with van der Waals surface area (Å²) in [5.74, 6) is 1.82. The normalized spacial score (nSPS) is 11.2. The lowest BCUT2D eigenvalue weighted by atomic mass is 9.94. The zero-order chi connectivity index (χ0) is 23.4. The van der Waals surface area contributed by atoms with Gasteiger partial charge in [-0.2, -0.15) is 0 Å². The molecule has 0 aliphatic carbocycles. The minimum absolute atomic E-state index is 0.357. The van der Waals surface area contributed by atoms with Gasteiger partial charge in [0.05, 0.1) is 19.9 Å². The fourth-order valence-electron chi connectivity index (χ4n) is 4.32. The first-order chi connectivity index (χ1) is 16.0. The zero-order valence-corrected chi connectivity index (χ0v) is 20.1. The molecule has 4 aromatic rings. The molecule has 0 fully saturated rings. The molecule has 0 saturated heterocycles. The molecule has 0 saturated carbocycles. The summed E-state index contributed by atoms with van der Waals surface area (Å²) in [5.41, 5.74) is 8.22. The quantitative estimate of drug-likeness (QED) is 0.267. The first-order valence-corrected chi connectivity index (χ1v) is 11.4. The first kappa shape index (κ1) is 22.7. The summed E-state index contributed by atoms with van der Waals surface area (Å²) in [6, 6.07) is 21.4. The molecule has 0 amide bonds. The van der Waals surface area contributed by atoms with Gasteiger partial charge in [-0.3, -0.25) is 0 Å². The molecule has 0 unspecified atom stereocenters. The summed E-state index contributed by atoms with van der Waals surface area (Å²) >= 11 is 0. The van der Waals surface area contributed by atoms with Crippen molar-refractivity contribution >= 4 is 16.6 Å². The monoisotopic (exact) mass is 443 g/mol. The number of anilines is 1. The molecule has 5 nitrogen and oxygen atoms in total. The summed E-state index contributed by atoms with van der Waals surface area (Å²) < 4.78 is 11.0. The van der Waals surface area contributed by atoms with E-state index in [4.69, 9.17) is 9.47 Å². The molecule has 3 aromatic carbocycles. The van der Waals surface area contributed by atoms with Crippen LogP contribution in [0.4, 0.5) is 5.69 Å². The number of rotatable bonds is 9. The highest BCUT2D eigenvalue weighted by atomic mass is 16.5. The summed E-state index contributed by atoms with van der Waals surface area (Å²) in [6.07, 6.45) is 0. The van der Waals surface area contributed by atoms with Crippen LogP contribution in [0.25, 0.3) is 33.3 Å². The van der Waals surface area contributed by atoms with Gasteiger partial charge in [0, 0.05) is 35.2 Å². The molecule has 172 valence electrons. The maximum absolute atomic E-state index is 5.54. The summed E-state index contributed by atoms with van der Waals surface area (Å²) in [7, 11) is 5.29. The Morgan fingerprint density at radius 2 is 1.48 bits per heavy atom. The molecule has 5 heteroatoms. The van der Waals surface area contributed by atoms with E-state index < -0.39 is 0 Å². The number of likely N-dealkylation sites (N-methyl/N-ethyl adjacent to an activating group) is 1. The Bertz CT molecular complexity index is 1230. The Labute approximate surface area is 196 Å². The Morgan fingerprint density at radius 3 is 2.15 bits per heavy atom. The number of aromatic amines is 1. The standard InChI is InChI=1S/C28H33N3O2/c1-18(2)27-23-16-20(19-6-10-22(11-7-19)30-15-14-29-3)8-12-24(23)31-28(27)21-9-13-25(32-4)26(17-21)33-5/h6-13,16-18,29-31H,14-15H2,1-5H3. The van der Waals surface area contributed by atoms with Crippen LogP contribution in [0.3, 0.4) is 0 Å². The van der Waals surface area contributed by atoms with Crippen LogP contribution in [-0.4, -0.2) is 39.3 Å². The van der Waals surface area contributed by atoms with Crippen LogP contribution in [-0.2, 0) is 0 Å². The van der Waals surface area contributed by atoms with Gasteiger partial charge < -0.3 is 25.1 Å². The molecule has 0 bridgehead atoms. The van der Waals surface area contributed by atoms with E-state index in [1.54, 1.807) is 14.2 Å². The Kier molecular flexibility index (Phi) is 6.90. The maximum atomic E-state index is 5.54. The van der Waals surface area contributed by atoms with E-state index in [-0.39, 0.29) is 0 Å². The second-order valence-corrected chi connectivity index (χ2v) is 8.51. The Morgan fingerprint density at radius 1 is 0.788 bits per heavy atom. The number of nitrogens with one attached hydrogen (secondary N) is 3. The van der Waals surface area contributed by atoms with Gasteiger partial charge in [0.1, 0.15) is 0 Å². The molecule has 3 N–H and O–H groups in total. The number of hydrogen-bond donors (Lipinski definition) is 3. The molecule has 0 spiro atoms. The van der Waals surface area contributed by atoms with Gasteiger partial charge in [0.2, 0.25) is 0 Å². The third kappa shape index (κ3) is 4.69. The van der Waals surface area contributed by atoms with E-state index in [1.165, 1.54) is 22.1 Å². The predicted molar refractivity (Wildman–Crippen MR) is 139 cm³/mol. The number of benzene rings is 3. The van der Waals surface area contributed by atoms with Gasteiger partial charge in [0.25, 0.3) is 0 Å². The van der Waals surface area contributed by atoms with Crippen LogP contribution in [0.15, 0.2) is 60.7 Å². The van der Waals surface area contributed by atoms with Crippen molar-refractivity contribution in [1.29, 1.82) is 0 Å². The summed E-state index contributed by atoms with van der Waals surface area (Å²) in [6.45, 7) is 6.32. The van der Waals surface area contributed by atoms with Gasteiger partial charge >= 0.3 is 0 Å². The van der Waals surface area contributed by atoms with Gasteiger partial charge in [-0.15, -0.1) is 0 Å². The Balaban J connectivity index is 1.73. The average molecular weight is 444 g/mol. The molecule has 1 heterocycles. The molecule has 0 aliphatic heterocycles. The van der Waals surface area contributed by atoms with Gasteiger partial charge in [-0.25, -0.2) is 0 Å². The topological polar surface area (TPSA) is 58.3 Å². The van der Waals surface area contributed by atoms with Crippen LogP contribution in [0.1, 0.15) is 25.3 Å². The van der Waals surface area contributed by atoms with Gasteiger partial charge in [-0.05, 0) is 72.1 Å². The van der Waals surface area contributed by atoms with E-state index in [0.717, 1.165) is 47.1 Å².